The average molecular weight is 203 g/mol. The van der Waals surface area contributed by atoms with Gasteiger partial charge in [0.25, 0.3) is 0 Å². The Morgan fingerprint density at radius 3 is 3.17 bits per heavy atom. The molecule has 0 fully saturated rings. The molecule has 0 aromatic carbocycles. The third kappa shape index (κ3) is 2.83. The molecule has 66 valence electrons. The lowest BCUT2D eigenvalue weighted by Crippen LogP contribution is -2.13. The minimum atomic E-state index is 0.365. The summed E-state index contributed by atoms with van der Waals surface area (Å²) < 4.78 is 0.711. The maximum absolute atomic E-state index is 5.72. The second-order valence-corrected chi connectivity index (χ2v) is 4.20. The van der Waals surface area contributed by atoms with Gasteiger partial charge in [-0.15, -0.1) is 6.58 Å². The van der Waals surface area contributed by atoms with Crippen LogP contribution in [0, 0.1) is 0 Å². The van der Waals surface area contributed by atoms with Gasteiger partial charge in [-0.1, -0.05) is 29.0 Å². The van der Waals surface area contributed by atoms with E-state index in [1.807, 2.05) is 6.08 Å². The largest absolute Gasteiger partial charge is 0.359 e. The Labute approximate surface area is 81.3 Å². The van der Waals surface area contributed by atoms with Crippen LogP contribution in [0.25, 0.3) is 0 Å². The lowest BCUT2D eigenvalue weighted by atomic mass is 10.2. The lowest BCUT2D eigenvalue weighted by Gasteiger charge is -2.08. The van der Waals surface area contributed by atoms with Crippen LogP contribution in [-0.4, -0.2) is 11.0 Å². The number of nitrogens with zero attached hydrogens (tertiary/aromatic N) is 1. The summed E-state index contributed by atoms with van der Waals surface area (Å²) in [5, 5.41) is 4.09. The Hall–Kier alpha value is -0.540. The van der Waals surface area contributed by atoms with Crippen LogP contribution >= 0.6 is 22.9 Å². The highest BCUT2D eigenvalue weighted by atomic mass is 35.5. The van der Waals surface area contributed by atoms with E-state index in [-0.39, 0.29) is 0 Å². The first kappa shape index (κ1) is 9.55. The summed E-state index contributed by atoms with van der Waals surface area (Å²) in [5.41, 5.74) is 0. The van der Waals surface area contributed by atoms with Gasteiger partial charge in [0.2, 0.25) is 0 Å². The fourth-order valence-electron chi connectivity index (χ4n) is 0.841. The third-order valence-corrected chi connectivity index (χ3v) is 2.41. The van der Waals surface area contributed by atoms with E-state index < -0.39 is 0 Å². The zero-order chi connectivity index (χ0) is 8.97. The van der Waals surface area contributed by atoms with Gasteiger partial charge >= 0.3 is 0 Å². The minimum absolute atomic E-state index is 0.365. The van der Waals surface area contributed by atoms with E-state index in [1.165, 1.54) is 11.3 Å². The SMILES string of the molecule is C=CCC(C)Nc1ncc(Cl)s1. The summed E-state index contributed by atoms with van der Waals surface area (Å²) in [6.45, 7) is 5.74. The molecule has 0 radical (unpaired) electrons. The van der Waals surface area contributed by atoms with Crippen LogP contribution in [0.5, 0.6) is 0 Å². The molecule has 0 bridgehead atoms. The Kier molecular flexibility index (Phi) is 3.56. The first-order valence-corrected chi connectivity index (χ1v) is 4.90. The minimum Gasteiger partial charge on any atom is -0.359 e. The number of aromatic nitrogens is 1. The van der Waals surface area contributed by atoms with Gasteiger partial charge in [-0.05, 0) is 13.3 Å². The molecular weight excluding hydrogens is 192 g/mol. The van der Waals surface area contributed by atoms with Gasteiger partial charge < -0.3 is 5.32 Å². The first-order chi connectivity index (χ1) is 5.72. The predicted molar refractivity (Wildman–Crippen MR) is 55.0 cm³/mol. The molecule has 0 aliphatic rings. The number of nitrogens with one attached hydrogen (secondary N) is 1. The van der Waals surface area contributed by atoms with Crippen LogP contribution < -0.4 is 5.32 Å². The molecule has 0 spiro atoms. The molecule has 0 aliphatic heterocycles. The predicted octanol–water partition coefficient (Wildman–Crippen LogP) is 3.17. The Balaban J connectivity index is 2.46. The van der Waals surface area contributed by atoms with Crippen molar-refractivity contribution in [3.05, 3.63) is 23.2 Å². The average Bonchev–Trinajstić information content (AvgIpc) is 2.36. The second kappa shape index (κ2) is 4.48. The van der Waals surface area contributed by atoms with Crippen molar-refractivity contribution in [1.82, 2.24) is 4.98 Å². The van der Waals surface area contributed by atoms with Crippen molar-refractivity contribution >= 4 is 28.1 Å². The summed E-state index contributed by atoms with van der Waals surface area (Å²) in [7, 11) is 0. The van der Waals surface area contributed by atoms with Crippen LogP contribution in [0.4, 0.5) is 5.13 Å². The number of rotatable bonds is 4. The second-order valence-electron chi connectivity index (χ2n) is 2.54. The molecule has 0 saturated heterocycles. The van der Waals surface area contributed by atoms with Gasteiger partial charge in [-0.2, -0.15) is 0 Å². The fourth-order valence-corrected chi connectivity index (χ4v) is 1.76. The van der Waals surface area contributed by atoms with Crippen molar-refractivity contribution in [3.8, 4) is 0 Å². The molecule has 0 saturated carbocycles. The molecule has 1 N–H and O–H groups in total. The molecule has 1 unspecified atom stereocenters. The summed E-state index contributed by atoms with van der Waals surface area (Å²) in [4.78, 5) is 4.08. The highest BCUT2D eigenvalue weighted by Crippen LogP contribution is 2.23. The molecular formula is C8H11ClN2S. The van der Waals surface area contributed by atoms with Gasteiger partial charge in [-0.25, -0.2) is 4.98 Å². The van der Waals surface area contributed by atoms with Crippen LogP contribution in [0.15, 0.2) is 18.9 Å². The van der Waals surface area contributed by atoms with Gasteiger partial charge in [-0.3, -0.25) is 0 Å². The van der Waals surface area contributed by atoms with E-state index in [9.17, 15) is 0 Å². The highest BCUT2D eigenvalue weighted by Gasteiger charge is 2.02. The third-order valence-electron chi connectivity index (χ3n) is 1.37. The first-order valence-electron chi connectivity index (χ1n) is 3.71. The standard InChI is InChI=1S/C8H11ClN2S/c1-3-4-6(2)11-8-10-5-7(9)12-8/h3,5-6H,1,4H2,2H3,(H,10,11). The van der Waals surface area contributed by atoms with Crippen LogP contribution in [-0.2, 0) is 0 Å². The van der Waals surface area contributed by atoms with Crippen molar-refractivity contribution in [2.24, 2.45) is 0 Å². The summed E-state index contributed by atoms with van der Waals surface area (Å²) in [6, 6.07) is 0.365. The fraction of sp³-hybridized carbons (Fsp3) is 0.375. The van der Waals surface area contributed by atoms with E-state index in [0.29, 0.717) is 10.4 Å². The Bertz CT molecular complexity index is 259. The molecule has 0 amide bonds. The highest BCUT2D eigenvalue weighted by molar-refractivity contribution is 7.19. The van der Waals surface area contributed by atoms with Crippen molar-refractivity contribution in [2.75, 3.05) is 5.32 Å². The summed E-state index contributed by atoms with van der Waals surface area (Å²) >= 11 is 7.17. The quantitative estimate of drug-likeness (QED) is 0.759. The topological polar surface area (TPSA) is 24.9 Å². The smallest absolute Gasteiger partial charge is 0.184 e. The van der Waals surface area contributed by atoms with Crippen LogP contribution in [0.1, 0.15) is 13.3 Å². The molecule has 0 aliphatic carbocycles. The van der Waals surface area contributed by atoms with Gasteiger partial charge in [0.05, 0.1) is 6.20 Å². The monoisotopic (exact) mass is 202 g/mol. The number of thiazole rings is 1. The molecule has 1 rings (SSSR count). The van der Waals surface area contributed by atoms with Crippen LogP contribution in [0.3, 0.4) is 0 Å². The van der Waals surface area contributed by atoms with Crippen molar-refractivity contribution in [3.63, 3.8) is 0 Å². The molecule has 2 nitrogen and oxygen atoms in total. The van der Waals surface area contributed by atoms with E-state index in [2.05, 4.69) is 23.8 Å². The van der Waals surface area contributed by atoms with E-state index in [0.717, 1.165) is 11.6 Å². The van der Waals surface area contributed by atoms with Crippen molar-refractivity contribution in [1.29, 1.82) is 0 Å². The molecule has 1 aromatic rings. The zero-order valence-electron chi connectivity index (χ0n) is 6.88. The molecule has 4 heteroatoms. The van der Waals surface area contributed by atoms with E-state index in [1.54, 1.807) is 6.20 Å². The molecule has 1 aromatic heterocycles. The van der Waals surface area contributed by atoms with E-state index >= 15 is 0 Å². The summed E-state index contributed by atoms with van der Waals surface area (Å²) in [6.07, 6.45) is 4.46. The van der Waals surface area contributed by atoms with Crippen molar-refractivity contribution in [2.45, 2.75) is 19.4 Å². The number of halogens is 1. The van der Waals surface area contributed by atoms with Gasteiger partial charge in [0.1, 0.15) is 4.34 Å². The maximum Gasteiger partial charge on any atom is 0.184 e. The number of anilines is 1. The normalized spacial score (nSPS) is 12.5. The van der Waals surface area contributed by atoms with Crippen molar-refractivity contribution < 1.29 is 0 Å². The molecule has 1 heterocycles. The van der Waals surface area contributed by atoms with Gasteiger partial charge in [0.15, 0.2) is 5.13 Å². The van der Waals surface area contributed by atoms with E-state index in [4.69, 9.17) is 11.6 Å². The maximum atomic E-state index is 5.72. The number of hydrogen-bond donors (Lipinski definition) is 1. The zero-order valence-corrected chi connectivity index (χ0v) is 8.45. The molecule has 1 atom stereocenters. The Morgan fingerprint density at radius 1 is 1.92 bits per heavy atom. The van der Waals surface area contributed by atoms with Gasteiger partial charge in [0, 0.05) is 6.04 Å². The lowest BCUT2D eigenvalue weighted by molar-refractivity contribution is 0.812. The van der Waals surface area contributed by atoms with Crippen LogP contribution in [0.2, 0.25) is 4.34 Å². The number of hydrogen-bond acceptors (Lipinski definition) is 3. The molecule has 12 heavy (non-hydrogen) atoms. The summed E-state index contributed by atoms with van der Waals surface area (Å²) in [5.74, 6) is 0. The Morgan fingerprint density at radius 2 is 2.67 bits per heavy atom.